The molecule has 136 valence electrons. The van der Waals surface area contributed by atoms with Crippen LogP contribution in [0.5, 0.6) is 11.5 Å². The molecule has 3 rings (SSSR count). The maximum Gasteiger partial charge on any atom is 0.161 e. The molecule has 0 unspecified atom stereocenters. The molecule has 0 radical (unpaired) electrons. The van der Waals surface area contributed by atoms with E-state index in [4.69, 9.17) is 9.47 Å². The highest BCUT2D eigenvalue weighted by Gasteiger charge is 2.16. The van der Waals surface area contributed by atoms with Crippen LogP contribution in [0.2, 0.25) is 0 Å². The van der Waals surface area contributed by atoms with Crippen LogP contribution in [0, 0.1) is 6.92 Å². The Hall–Kier alpha value is -1.87. The number of benzene rings is 2. The minimum Gasteiger partial charge on any atom is -0.493 e. The SMILES string of the molecule is CCN(Cc1ccc(OC)c(OC)c1)c1cc2c(cc1C)CCC2.Cl. The molecule has 0 spiro atoms. The quantitative estimate of drug-likeness (QED) is 0.726. The van der Waals surface area contributed by atoms with E-state index in [9.17, 15) is 0 Å². The summed E-state index contributed by atoms with van der Waals surface area (Å²) in [7, 11) is 3.35. The number of nitrogens with zero attached hydrogens (tertiary/aromatic N) is 1. The normalized spacial score (nSPS) is 12.3. The van der Waals surface area contributed by atoms with Crippen molar-refractivity contribution in [1.82, 2.24) is 0 Å². The Morgan fingerprint density at radius 3 is 2.28 bits per heavy atom. The lowest BCUT2D eigenvalue weighted by Gasteiger charge is -2.26. The summed E-state index contributed by atoms with van der Waals surface area (Å²) >= 11 is 0. The van der Waals surface area contributed by atoms with Gasteiger partial charge in [-0.2, -0.15) is 0 Å². The first-order valence-corrected chi connectivity index (χ1v) is 8.74. The first-order chi connectivity index (χ1) is 11.7. The molecule has 0 aliphatic heterocycles. The molecule has 0 bridgehead atoms. The number of halogens is 1. The molecule has 0 aromatic heterocycles. The molecule has 0 heterocycles. The molecule has 3 nitrogen and oxygen atoms in total. The van der Waals surface area contributed by atoms with Crippen molar-refractivity contribution in [3.05, 3.63) is 52.6 Å². The number of aryl methyl sites for hydroxylation is 3. The van der Waals surface area contributed by atoms with Crippen LogP contribution in [0.25, 0.3) is 0 Å². The molecule has 0 saturated heterocycles. The summed E-state index contributed by atoms with van der Waals surface area (Å²) in [6.07, 6.45) is 3.74. The Morgan fingerprint density at radius 2 is 1.64 bits per heavy atom. The van der Waals surface area contributed by atoms with E-state index in [1.165, 1.54) is 41.6 Å². The zero-order chi connectivity index (χ0) is 17.1. The van der Waals surface area contributed by atoms with Gasteiger partial charge in [0.05, 0.1) is 14.2 Å². The Kier molecular flexibility index (Phi) is 6.60. The average Bonchev–Trinajstić information content (AvgIpc) is 3.06. The number of rotatable bonds is 6. The standard InChI is InChI=1S/C21H27NO2.ClH/c1-5-22(14-16-9-10-20(23-3)21(12-16)24-4)19-13-18-8-6-7-17(18)11-15(19)2;/h9-13H,5-8,14H2,1-4H3;1H. The zero-order valence-electron chi connectivity index (χ0n) is 15.6. The summed E-state index contributed by atoms with van der Waals surface area (Å²) in [6, 6.07) is 11.0. The predicted molar refractivity (Wildman–Crippen MR) is 107 cm³/mol. The highest BCUT2D eigenvalue weighted by atomic mass is 35.5. The van der Waals surface area contributed by atoms with E-state index in [0.717, 1.165) is 24.6 Å². The van der Waals surface area contributed by atoms with Gasteiger partial charge in [0.25, 0.3) is 0 Å². The molecule has 0 N–H and O–H groups in total. The van der Waals surface area contributed by atoms with Crippen LogP contribution in [-0.4, -0.2) is 20.8 Å². The molecule has 0 saturated carbocycles. The fourth-order valence-corrected chi connectivity index (χ4v) is 3.64. The van der Waals surface area contributed by atoms with Crippen LogP contribution in [-0.2, 0) is 19.4 Å². The van der Waals surface area contributed by atoms with Gasteiger partial charge >= 0.3 is 0 Å². The molecule has 0 amide bonds. The van der Waals surface area contributed by atoms with Crippen molar-refractivity contribution in [2.24, 2.45) is 0 Å². The smallest absolute Gasteiger partial charge is 0.161 e. The van der Waals surface area contributed by atoms with Gasteiger partial charge in [0.2, 0.25) is 0 Å². The molecular weight excluding hydrogens is 334 g/mol. The van der Waals surface area contributed by atoms with Gasteiger partial charge in [-0.1, -0.05) is 12.1 Å². The number of ether oxygens (including phenoxy) is 2. The number of methoxy groups -OCH3 is 2. The Balaban J connectivity index is 0.00000225. The summed E-state index contributed by atoms with van der Waals surface area (Å²) in [5.41, 5.74) is 7.03. The van der Waals surface area contributed by atoms with Gasteiger partial charge in [0.1, 0.15) is 0 Å². The summed E-state index contributed by atoms with van der Waals surface area (Å²) in [6.45, 7) is 6.29. The van der Waals surface area contributed by atoms with E-state index in [0.29, 0.717) is 0 Å². The van der Waals surface area contributed by atoms with Gasteiger partial charge in [0, 0.05) is 18.8 Å². The third-order valence-electron chi connectivity index (χ3n) is 4.95. The maximum atomic E-state index is 5.44. The number of anilines is 1. The van der Waals surface area contributed by atoms with Gasteiger partial charge in [-0.3, -0.25) is 0 Å². The molecular formula is C21H28ClNO2. The van der Waals surface area contributed by atoms with Crippen LogP contribution < -0.4 is 14.4 Å². The van der Waals surface area contributed by atoms with E-state index in [-0.39, 0.29) is 12.4 Å². The molecule has 1 aliphatic carbocycles. The topological polar surface area (TPSA) is 21.7 Å². The first-order valence-electron chi connectivity index (χ1n) is 8.74. The Morgan fingerprint density at radius 1 is 0.960 bits per heavy atom. The summed E-state index contributed by atoms with van der Waals surface area (Å²) in [5, 5.41) is 0. The molecule has 2 aromatic carbocycles. The number of hydrogen-bond donors (Lipinski definition) is 0. The van der Waals surface area contributed by atoms with Gasteiger partial charge in [-0.15, -0.1) is 12.4 Å². The summed E-state index contributed by atoms with van der Waals surface area (Å²) < 4.78 is 10.8. The Labute approximate surface area is 157 Å². The molecule has 0 fully saturated rings. The van der Waals surface area contributed by atoms with Gasteiger partial charge in [0.15, 0.2) is 11.5 Å². The minimum absolute atomic E-state index is 0. The summed E-state index contributed by atoms with van der Waals surface area (Å²) in [5.74, 6) is 1.56. The third-order valence-corrected chi connectivity index (χ3v) is 4.95. The highest BCUT2D eigenvalue weighted by molar-refractivity contribution is 5.85. The fraction of sp³-hybridized carbons (Fsp3) is 0.429. The second-order valence-corrected chi connectivity index (χ2v) is 6.46. The largest absolute Gasteiger partial charge is 0.493 e. The lowest BCUT2D eigenvalue weighted by molar-refractivity contribution is 0.354. The average molecular weight is 362 g/mol. The van der Waals surface area contributed by atoms with Crippen LogP contribution in [0.1, 0.15) is 35.6 Å². The van der Waals surface area contributed by atoms with E-state index in [1.54, 1.807) is 19.8 Å². The van der Waals surface area contributed by atoms with E-state index >= 15 is 0 Å². The lowest BCUT2D eigenvalue weighted by Crippen LogP contribution is -2.23. The fourth-order valence-electron chi connectivity index (χ4n) is 3.64. The van der Waals surface area contributed by atoms with Crippen LogP contribution in [0.4, 0.5) is 5.69 Å². The monoisotopic (exact) mass is 361 g/mol. The second-order valence-electron chi connectivity index (χ2n) is 6.46. The van der Waals surface area contributed by atoms with Crippen LogP contribution in [0.15, 0.2) is 30.3 Å². The molecule has 1 aliphatic rings. The van der Waals surface area contributed by atoms with Crippen molar-refractivity contribution in [3.63, 3.8) is 0 Å². The van der Waals surface area contributed by atoms with Crippen molar-refractivity contribution >= 4 is 18.1 Å². The first kappa shape index (κ1) is 19.5. The van der Waals surface area contributed by atoms with E-state index in [2.05, 4.69) is 43.0 Å². The maximum absolute atomic E-state index is 5.44. The number of fused-ring (bicyclic) bond motifs is 1. The molecule has 2 aromatic rings. The van der Waals surface area contributed by atoms with Crippen LogP contribution >= 0.6 is 12.4 Å². The lowest BCUT2D eigenvalue weighted by atomic mass is 10.0. The third kappa shape index (κ3) is 4.04. The van der Waals surface area contributed by atoms with E-state index < -0.39 is 0 Å². The summed E-state index contributed by atoms with van der Waals surface area (Å²) in [4.78, 5) is 2.44. The molecule has 4 heteroatoms. The van der Waals surface area contributed by atoms with Gasteiger partial charge < -0.3 is 14.4 Å². The molecule has 0 atom stereocenters. The van der Waals surface area contributed by atoms with Crippen molar-refractivity contribution in [3.8, 4) is 11.5 Å². The number of hydrogen-bond acceptors (Lipinski definition) is 3. The van der Waals surface area contributed by atoms with Crippen molar-refractivity contribution in [2.75, 3.05) is 25.7 Å². The Bertz CT molecular complexity index is 730. The van der Waals surface area contributed by atoms with Crippen molar-refractivity contribution < 1.29 is 9.47 Å². The van der Waals surface area contributed by atoms with E-state index in [1.807, 2.05) is 6.07 Å². The second kappa shape index (κ2) is 8.48. The van der Waals surface area contributed by atoms with Crippen molar-refractivity contribution in [2.45, 2.75) is 39.7 Å². The van der Waals surface area contributed by atoms with Crippen molar-refractivity contribution in [1.29, 1.82) is 0 Å². The van der Waals surface area contributed by atoms with Crippen LogP contribution in [0.3, 0.4) is 0 Å². The van der Waals surface area contributed by atoms with Gasteiger partial charge in [-0.05, 0) is 73.6 Å². The van der Waals surface area contributed by atoms with Gasteiger partial charge in [-0.25, -0.2) is 0 Å². The minimum atomic E-state index is 0. The zero-order valence-corrected chi connectivity index (χ0v) is 16.4. The highest BCUT2D eigenvalue weighted by Crippen LogP contribution is 2.32. The predicted octanol–water partition coefficient (Wildman–Crippen LogP) is 4.95. The molecule has 25 heavy (non-hydrogen) atoms.